The molecule has 0 fully saturated rings. The lowest BCUT2D eigenvalue weighted by atomic mass is 10.1. The van der Waals surface area contributed by atoms with Gasteiger partial charge in [0, 0.05) is 11.1 Å². The Labute approximate surface area is 111 Å². The van der Waals surface area contributed by atoms with Gasteiger partial charge in [0.25, 0.3) is 0 Å². The van der Waals surface area contributed by atoms with E-state index in [9.17, 15) is 9.59 Å². The van der Waals surface area contributed by atoms with Gasteiger partial charge in [-0.2, -0.15) is 0 Å². The van der Waals surface area contributed by atoms with Crippen LogP contribution in [0.15, 0.2) is 45.6 Å². The maximum Gasteiger partial charge on any atom is 0.335 e. The van der Waals surface area contributed by atoms with Crippen molar-refractivity contribution in [1.29, 1.82) is 0 Å². The molecule has 5 heteroatoms. The van der Waals surface area contributed by atoms with E-state index in [2.05, 4.69) is 0 Å². The Kier molecular flexibility index (Phi) is 2.54. The van der Waals surface area contributed by atoms with E-state index >= 15 is 0 Å². The zero-order valence-electron chi connectivity index (χ0n) is 9.51. The summed E-state index contributed by atoms with van der Waals surface area (Å²) in [6, 6.07) is 8.90. The van der Waals surface area contributed by atoms with E-state index in [1.54, 1.807) is 12.1 Å². The molecule has 94 valence electrons. The van der Waals surface area contributed by atoms with Crippen LogP contribution in [-0.4, -0.2) is 11.1 Å². The lowest BCUT2D eigenvalue weighted by molar-refractivity contribution is 0.0697. The summed E-state index contributed by atoms with van der Waals surface area (Å²) in [5, 5.41) is 10.1. The van der Waals surface area contributed by atoms with Crippen LogP contribution in [0.5, 0.6) is 0 Å². The molecule has 0 aliphatic heterocycles. The van der Waals surface area contributed by atoms with E-state index in [0.717, 1.165) is 0 Å². The SMILES string of the molecule is O=C(O)c1ccc2c(=O)c3ccc(Cl)cc3oc2c1. The molecule has 19 heavy (non-hydrogen) atoms. The fourth-order valence-electron chi connectivity index (χ4n) is 1.96. The molecule has 0 aliphatic rings. The van der Waals surface area contributed by atoms with E-state index in [0.29, 0.717) is 21.4 Å². The fraction of sp³-hybridized carbons (Fsp3) is 0. The van der Waals surface area contributed by atoms with Crippen LogP contribution in [0.25, 0.3) is 21.9 Å². The minimum atomic E-state index is -1.07. The van der Waals surface area contributed by atoms with Crippen molar-refractivity contribution in [2.45, 2.75) is 0 Å². The van der Waals surface area contributed by atoms with Crippen molar-refractivity contribution in [3.8, 4) is 0 Å². The van der Waals surface area contributed by atoms with E-state index in [-0.39, 0.29) is 16.6 Å². The largest absolute Gasteiger partial charge is 0.478 e. The summed E-state index contributed by atoms with van der Waals surface area (Å²) in [5.74, 6) is -1.07. The second kappa shape index (κ2) is 4.10. The quantitative estimate of drug-likeness (QED) is 0.691. The van der Waals surface area contributed by atoms with Gasteiger partial charge in [-0.05, 0) is 30.3 Å². The third-order valence-corrected chi connectivity index (χ3v) is 3.12. The number of hydrogen-bond acceptors (Lipinski definition) is 3. The highest BCUT2D eigenvalue weighted by molar-refractivity contribution is 6.31. The zero-order valence-corrected chi connectivity index (χ0v) is 10.3. The molecule has 3 rings (SSSR count). The van der Waals surface area contributed by atoms with Gasteiger partial charge in [0.2, 0.25) is 5.43 Å². The minimum absolute atomic E-state index is 0.0667. The average molecular weight is 275 g/mol. The molecule has 0 saturated carbocycles. The van der Waals surface area contributed by atoms with E-state index in [4.69, 9.17) is 21.1 Å². The fourth-order valence-corrected chi connectivity index (χ4v) is 2.12. The Balaban J connectivity index is 2.46. The highest BCUT2D eigenvalue weighted by atomic mass is 35.5. The topological polar surface area (TPSA) is 67.5 Å². The number of carboxylic acids is 1. The Morgan fingerprint density at radius 2 is 1.68 bits per heavy atom. The number of fused-ring (bicyclic) bond motifs is 2. The number of benzene rings is 2. The van der Waals surface area contributed by atoms with Crippen LogP contribution in [0, 0.1) is 0 Å². The number of rotatable bonds is 1. The highest BCUT2D eigenvalue weighted by Crippen LogP contribution is 2.22. The first-order valence-corrected chi connectivity index (χ1v) is 5.83. The van der Waals surface area contributed by atoms with E-state index in [1.165, 1.54) is 24.3 Å². The first-order chi connectivity index (χ1) is 9.06. The molecular weight excluding hydrogens is 268 g/mol. The summed E-state index contributed by atoms with van der Waals surface area (Å²) >= 11 is 5.85. The van der Waals surface area contributed by atoms with Crippen molar-refractivity contribution < 1.29 is 14.3 Å². The molecule has 0 amide bonds. The molecule has 0 spiro atoms. The molecule has 0 bridgehead atoms. The molecule has 1 aromatic heterocycles. The van der Waals surface area contributed by atoms with Crippen molar-refractivity contribution in [3.05, 3.63) is 57.2 Å². The Morgan fingerprint density at radius 3 is 2.37 bits per heavy atom. The normalized spacial score (nSPS) is 11.0. The van der Waals surface area contributed by atoms with Crippen molar-refractivity contribution in [2.24, 2.45) is 0 Å². The van der Waals surface area contributed by atoms with Gasteiger partial charge < -0.3 is 9.52 Å². The number of halogens is 1. The summed E-state index contributed by atoms with van der Waals surface area (Å²) in [6.07, 6.45) is 0. The zero-order chi connectivity index (χ0) is 13.6. The first-order valence-electron chi connectivity index (χ1n) is 5.46. The first kappa shape index (κ1) is 11.7. The minimum Gasteiger partial charge on any atom is -0.478 e. The predicted molar refractivity (Wildman–Crippen MR) is 72.0 cm³/mol. The summed E-state index contributed by atoms with van der Waals surface area (Å²) in [7, 11) is 0. The summed E-state index contributed by atoms with van der Waals surface area (Å²) in [5.41, 5.74) is 0.439. The van der Waals surface area contributed by atoms with Crippen molar-refractivity contribution >= 4 is 39.5 Å². The van der Waals surface area contributed by atoms with Crippen LogP contribution >= 0.6 is 11.6 Å². The number of aromatic carboxylic acids is 1. The third-order valence-electron chi connectivity index (χ3n) is 2.88. The summed E-state index contributed by atoms with van der Waals surface area (Å²) < 4.78 is 5.55. The van der Waals surface area contributed by atoms with Crippen molar-refractivity contribution in [2.75, 3.05) is 0 Å². The van der Waals surface area contributed by atoms with Gasteiger partial charge in [0.15, 0.2) is 0 Å². The van der Waals surface area contributed by atoms with E-state index in [1.807, 2.05) is 0 Å². The average Bonchev–Trinajstić information content (AvgIpc) is 2.37. The molecular formula is C14H7ClO4. The highest BCUT2D eigenvalue weighted by Gasteiger charge is 2.10. The van der Waals surface area contributed by atoms with Gasteiger partial charge in [0.1, 0.15) is 11.2 Å². The lowest BCUT2D eigenvalue weighted by Gasteiger charge is -2.02. The standard InChI is InChI=1S/C14H7ClO4/c15-8-2-4-10-12(6-8)19-11-5-7(14(17)18)1-3-9(11)13(10)16/h1-6H,(H,17,18). The van der Waals surface area contributed by atoms with Crippen molar-refractivity contribution in [3.63, 3.8) is 0 Å². The number of carboxylic acid groups (broad SMARTS) is 1. The van der Waals surface area contributed by atoms with Gasteiger partial charge in [-0.1, -0.05) is 11.6 Å². The smallest absolute Gasteiger partial charge is 0.335 e. The summed E-state index contributed by atoms with van der Waals surface area (Å²) in [6.45, 7) is 0. The van der Waals surface area contributed by atoms with Crippen LogP contribution in [-0.2, 0) is 0 Å². The second-order valence-electron chi connectivity index (χ2n) is 4.09. The van der Waals surface area contributed by atoms with Gasteiger partial charge >= 0.3 is 5.97 Å². The van der Waals surface area contributed by atoms with Crippen LogP contribution in [0.1, 0.15) is 10.4 Å². The molecule has 0 unspecified atom stereocenters. The lowest BCUT2D eigenvalue weighted by Crippen LogP contribution is -2.03. The third kappa shape index (κ3) is 1.86. The van der Waals surface area contributed by atoms with Gasteiger partial charge in [-0.15, -0.1) is 0 Å². The molecule has 1 N–H and O–H groups in total. The van der Waals surface area contributed by atoms with Crippen LogP contribution in [0.2, 0.25) is 5.02 Å². The molecule has 0 aliphatic carbocycles. The van der Waals surface area contributed by atoms with Gasteiger partial charge in [0.05, 0.1) is 16.3 Å². The van der Waals surface area contributed by atoms with Gasteiger partial charge in [-0.25, -0.2) is 4.79 Å². The van der Waals surface area contributed by atoms with Crippen LogP contribution < -0.4 is 5.43 Å². The van der Waals surface area contributed by atoms with Crippen LogP contribution in [0.3, 0.4) is 0 Å². The Bertz CT molecular complexity index is 880. The number of hydrogen-bond donors (Lipinski definition) is 1. The predicted octanol–water partition coefficient (Wildman–Crippen LogP) is 3.30. The van der Waals surface area contributed by atoms with E-state index < -0.39 is 5.97 Å². The van der Waals surface area contributed by atoms with Gasteiger partial charge in [-0.3, -0.25) is 4.79 Å². The molecule has 1 heterocycles. The molecule has 2 aromatic carbocycles. The Morgan fingerprint density at radius 1 is 1.05 bits per heavy atom. The Hall–Kier alpha value is -2.33. The van der Waals surface area contributed by atoms with Crippen molar-refractivity contribution in [1.82, 2.24) is 0 Å². The second-order valence-corrected chi connectivity index (χ2v) is 4.52. The molecule has 0 atom stereocenters. The number of carbonyl (C=O) groups is 1. The molecule has 4 nitrogen and oxygen atoms in total. The molecule has 3 aromatic rings. The maximum atomic E-state index is 12.2. The monoisotopic (exact) mass is 274 g/mol. The maximum absolute atomic E-state index is 12.2. The molecule has 0 radical (unpaired) electrons. The van der Waals surface area contributed by atoms with Crippen LogP contribution in [0.4, 0.5) is 0 Å². The summed E-state index contributed by atoms with van der Waals surface area (Å²) in [4.78, 5) is 23.1. The molecule has 0 saturated heterocycles.